The summed E-state index contributed by atoms with van der Waals surface area (Å²) in [7, 11) is 0. The van der Waals surface area contributed by atoms with Gasteiger partial charge in [0.25, 0.3) is 11.8 Å². The molecule has 2 aromatic heterocycles. The van der Waals surface area contributed by atoms with Gasteiger partial charge in [-0.2, -0.15) is 4.98 Å². The zero-order chi connectivity index (χ0) is 23.0. The maximum absolute atomic E-state index is 12.3. The maximum Gasteiger partial charge on any atom is 0.407 e. The number of rotatable bonds is 9. The highest BCUT2D eigenvalue weighted by molar-refractivity contribution is 5.94. The van der Waals surface area contributed by atoms with E-state index in [2.05, 4.69) is 20.4 Å². The lowest BCUT2D eigenvalue weighted by Gasteiger charge is -2.29. The minimum atomic E-state index is -0.898. The molecule has 0 aliphatic carbocycles. The first-order valence-corrected chi connectivity index (χ1v) is 10.8. The molecule has 2 N–H and O–H groups in total. The Labute approximate surface area is 190 Å². The third kappa shape index (κ3) is 6.16. The smallest absolute Gasteiger partial charge is 0.407 e. The zero-order valence-electron chi connectivity index (χ0n) is 18.1. The molecule has 0 bridgehead atoms. The number of hydrogen-bond acceptors (Lipinski definition) is 7. The molecule has 174 valence electrons. The molecule has 11 heteroatoms. The molecule has 1 aliphatic heterocycles. The predicted octanol–water partition coefficient (Wildman–Crippen LogP) is 2.41. The molecule has 1 aromatic carbocycles. The number of amides is 2. The van der Waals surface area contributed by atoms with Gasteiger partial charge in [0.2, 0.25) is 0 Å². The number of ether oxygens (including phenoxy) is 1. The number of nitrogens with zero attached hydrogens (tertiary/aromatic N) is 5. The van der Waals surface area contributed by atoms with Gasteiger partial charge in [-0.25, -0.2) is 9.78 Å². The van der Waals surface area contributed by atoms with Crippen LogP contribution in [0.15, 0.2) is 47.5 Å². The number of aryl methyl sites for hydroxylation is 1. The molecular weight excluding hydrogens is 428 g/mol. The topological polar surface area (TPSA) is 136 Å². The van der Waals surface area contributed by atoms with E-state index in [1.807, 2.05) is 10.8 Å². The van der Waals surface area contributed by atoms with Crippen LogP contribution >= 0.6 is 0 Å². The molecular formula is C22H26N6O5. The monoisotopic (exact) mass is 454 g/mol. The molecule has 1 aliphatic rings. The second-order valence-electron chi connectivity index (χ2n) is 7.78. The number of carboxylic acid groups (broad SMARTS) is 1. The minimum Gasteiger partial charge on any atom is -0.465 e. The van der Waals surface area contributed by atoms with Crippen LogP contribution in [0, 0.1) is 0 Å². The summed E-state index contributed by atoms with van der Waals surface area (Å²) in [6.07, 6.45) is 6.54. The van der Waals surface area contributed by atoms with Crippen molar-refractivity contribution in [1.82, 2.24) is 29.9 Å². The van der Waals surface area contributed by atoms with E-state index in [0.717, 1.165) is 13.0 Å². The number of benzene rings is 1. The molecule has 0 atom stereocenters. The van der Waals surface area contributed by atoms with E-state index in [-0.39, 0.29) is 18.6 Å². The van der Waals surface area contributed by atoms with Gasteiger partial charge in [-0.05, 0) is 43.5 Å². The highest BCUT2D eigenvalue weighted by atomic mass is 16.5. The van der Waals surface area contributed by atoms with Crippen LogP contribution in [0.2, 0.25) is 0 Å². The molecule has 11 nitrogen and oxygen atoms in total. The van der Waals surface area contributed by atoms with Crippen molar-refractivity contribution in [3.8, 4) is 11.5 Å². The summed E-state index contributed by atoms with van der Waals surface area (Å²) < 4.78 is 13.1. The number of nitrogens with one attached hydrogen (secondary N) is 1. The Bertz CT molecular complexity index is 1040. The summed E-state index contributed by atoms with van der Waals surface area (Å²) in [5.74, 6) is 0.632. The average Bonchev–Trinajstić information content (AvgIpc) is 3.53. The molecule has 1 saturated heterocycles. The molecule has 2 amide bonds. The third-order valence-corrected chi connectivity index (χ3v) is 5.46. The molecule has 0 unspecified atom stereocenters. The van der Waals surface area contributed by atoms with Gasteiger partial charge < -0.3 is 29.2 Å². The Morgan fingerprint density at radius 3 is 2.70 bits per heavy atom. The van der Waals surface area contributed by atoms with Crippen LogP contribution in [0.3, 0.4) is 0 Å². The summed E-state index contributed by atoms with van der Waals surface area (Å²) in [4.78, 5) is 33.0. The fraction of sp³-hybridized carbons (Fsp3) is 0.409. The predicted molar refractivity (Wildman–Crippen MR) is 116 cm³/mol. The van der Waals surface area contributed by atoms with Crippen LogP contribution in [0.5, 0.6) is 0 Å². The fourth-order valence-electron chi connectivity index (χ4n) is 3.58. The number of piperidine rings is 1. The van der Waals surface area contributed by atoms with Crippen LogP contribution in [-0.4, -0.2) is 67.4 Å². The maximum atomic E-state index is 12.3. The SMILES string of the molecule is O=C(NCCCn1ccnc1)c1ccc(-c2nc(COC3CCN(C(=O)O)CC3)no2)cc1. The van der Waals surface area contributed by atoms with Gasteiger partial charge in [0.1, 0.15) is 6.61 Å². The van der Waals surface area contributed by atoms with Crippen molar-refractivity contribution >= 4 is 12.0 Å². The van der Waals surface area contributed by atoms with Gasteiger partial charge in [-0.1, -0.05) is 5.16 Å². The van der Waals surface area contributed by atoms with Gasteiger partial charge in [0.15, 0.2) is 5.82 Å². The van der Waals surface area contributed by atoms with Gasteiger partial charge in [-0.15, -0.1) is 0 Å². The van der Waals surface area contributed by atoms with E-state index in [1.54, 1.807) is 36.8 Å². The van der Waals surface area contributed by atoms with E-state index < -0.39 is 6.09 Å². The molecule has 4 rings (SSSR count). The molecule has 3 heterocycles. The normalized spacial score (nSPS) is 14.4. The number of imidazole rings is 1. The molecule has 1 fully saturated rings. The summed E-state index contributed by atoms with van der Waals surface area (Å²) in [5, 5.41) is 15.9. The van der Waals surface area contributed by atoms with Gasteiger partial charge in [0.05, 0.1) is 12.4 Å². The highest BCUT2D eigenvalue weighted by Gasteiger charge is 2.23. The Hall–Kier alpha value is -3.73. The van der Waals surface area contributed by atoms with Crippen LogP contribution in [-0.2, 0) is 17.9 Å². The van der Waals surface area contributed by atoms with E-state index in [4.69, 9.17) is 14.4 Å². The van der Waals surface area contributed by atoms with Crippen molar-refractivity contribution in [3.63, 3.8) is 0 Å². The summed E-state index contributed by atoms with van der Waals surface area (Å²) >= 11 is 0. The summed E-state index contributed by atoms with van der Waals surface area (Å²) in [6.45, 7) is 2.48. The van der Waals surface area contributed by atoms with Crippen LogP contribution in [0.4, 0.5) is 4.79 Å². The van der Waals surface area contributed by atoms with Crippen molar-refractivity contribution in [2.45, 2.75) is 38.5 Å². The zero-order valence-corrected chi connectivity index (χ0v) is 18.1. The fourth-order valence-corrected chi connectivity index (χ4v) is 3.58. The lowest BCUT2D eigenvalue weighted by atomic mass is 10.1. The van der Waals surface area contributed by atoms with E-state index >= 15 is 0 Å². The first-order valence-electron chi connectivity index (χ1n) is 10.8. The molecule has 33 heavy (non-hydrogen) atoms. The van der Waals surface area contributed by atoms with E-state index in [1.165, 1.54) is 4.90 Å². The highest BCUT2D eigenvalue weighted by Crippen LogP contribution is 2.19. The van der Waals surface area contributed by atoms with E-state index in [0.29, 0.717) is 55.3 Å². The van der Waals surface area contributed by atoms with Gasteiger partial charge in [0, 0.05) is 49.7 Å². The second-order valence-corrected chi connectivity index (χ2v) is 7.78. The molecule has 0 radical (unpaired) electrons. The quantitative estimate of drug-likeness (QED) is 0.471. The largest absolute Gasteiger partial charge is 0.465 e. The number of carbonyl (C=O) groups excluding carboxylic acids is 1. The Kier molecular flexibility index (Phi) is 7.30. The number of likely N-dealkylation sites (tertiary alicyclic amines) is 1. The Balaban J connectivity index is 1.22. The molecule has 0 spiro atoms. The van der Waals surface area contributed by atoms with Gasteiger partial charge >= 0.3 is 6.09 Å². The lowest BCUT2D eigenvalue weighted by Crippen LogP contribution is -2.40. The Morgan fingerprint density at radius 2 is 2.00 bits per heavy atom. The standard InChI is InChI=1S/C22H26N6O5/c29-20(24-8-1-10-27-13-9-23-15-27)16-2-4-17(5-3-16)21-25-19(26-33-21)14-32-18-6-11-28(12-7-18)22(30)31/h2-5,9,13,15,18H,1,6-8,10-12,14H2,(H,24,29)(H,30,31). The molecule has 3 aromatic rings. The van der Waals surface area contributed by atoms with E-state index in [9.17, 15) is 9.59 Å². The summed E-state index contributed by atoms with van der Waals surface area (Å²) in [5.41, 5.74) is 1.26. The lowest BCUT2D eigenvalue weighted by molar-refractivity contribution is -0.00295. The van der Waals surface area contributed by atoms with Gasteiger partial charge in [-0.3, -0.25) is 4.79 Å². The van der Waals surface area contributed by atoms with Crippen molar-refractivity contribution in [2.24, 2.45) is 0 Å². The van der Waals surface area contributed by atoms with Crippen molar-refractivity contribution < 1.29 is 24.0 Å². The first-order chi connectivity index (χ1) is 16.1. The minimum absolute atomic E-state index is 0.0275. The molecule has 0 saturated carbocycles. The van der Waals surface area contributed by atoms with Crippen LogP contribution < -0.4 is 5.32 Å². The number of carbonyl (C=O) groups is 2. The number of hydrogen-bond donors (Lipinski definition) is 2. The number of aromatic nitrogens is 4. The Morgan fingerprint density at radius 1 is 1.21 bits per heavy atom. The summed E-state index contributed by atoms with van der Waals surface area (Å²) in [6, 6.07) is 6.97. The van der Waals surface area contributed by atoms with Crippen LogP contribution in [0.25, 0.3) is 11.5 Å². The third-order valence-electron chi connectivity index (χ3n) is 5.46. The van der Waals surface area contributed by atoms with Crippen molar-refractivity contribution in [3.05, 3.63) is 54.4 Å². The van der Waals surface area contributed by atoms with Crippen molar-refractivity contribution in [1.29, 1.82) is 0 Å². The average molecular weight is 454 g/mol. The van der Waals surface area contributed by atoms with Crippen molar-refractivity contribution in [2.75, 3.05) is 19.6 Å². The second kappa shape index (κ2) is 10.7. The van der Waals surface area contributed by atoms with Crippen LogP contribution in [0.1, 0.15) is 35.4 Å². The first kappa shape index (κ1) is 22.5.